The Bertz CT molecular complexity index is 132. The molecule has 15 heavy (non-hydrogen) atoms. The van der Waals surface area contributed by atoms with Crippen molar-refractivity contribution in [2.75, 3.05) is 13.4 Å². The summed E-state index contributed by atoms with van der Waals surface area (Å²) in [5.41, 5.74) is 0. The molecule has 0 spiro atoms. The number of rotatable bonds is 11. The van der Waals surface area contributed by atoms with Crippen molar-refractivity contribution in [1.82, 2.24) is 0 Å². The summed E-state index contributed by atoms with van der Waals surface area (Å²) in [6.07, 6.45) is 12.4. The first-order valence-corrected chi connectivity index (χ1v) is 6.26. The lowest BCUT2D eigenvalue weighted by Gasteiger charge is -2.02. The van der Waals surface area contributed by atoms with Crippen LogP contribution in [0.2, 0.25) is 0 Å². The Hall–Kier alpha value is -0.500. The van der Waals surface area contributed by atoms with Crippen molar-refractivity contribution < 1.29 is 9.47 Å². The highest BCUT2D eigenvalue weighted by Gasteiger charge is 1.86. The summed E-state index contributed by atoms with van der Waals surface area (Å²) in [5.74, 6) is 0. The summed E-state index contributed by atoms with van der Waals surface area (Å²) in [6, 6.07) is 0. The number of allylic oxidation sites excluding steroid dienone is 1. The lowest BCUT2D eigenvalue weighted by Crippen LogP contribution is -1.97. The minimum atomic E-state index is 0.397. The van der Waals surface area contributed by atoms with Gasteiger partial charge in [0.05, 0.1) is 12.9 Å². The molecule has 0 aromatic rings. The minimum absolute atomic E-state index is 0.397. The molecule has 90 valence electrons. The molecule has 0 aromatic carbocycles. The standard InChI is InChI=1S/C13H26O2/c1-3-5-7-8-10-12-15-13-14-11-9-6-4-2/h10,12H,3-9,11,13H2,1-2H3. The van der Waals surface area contributed by atoms with E-state index >= 15 is 0 Å². The van der Waals surface area contributed by atoms with Crippen molar-refractivity contribution in [2.45, 2.75) is 58.8 Å². The van der Waals surface area contributed by atoms with Crippen LogP contribution in [0, 0.1) is 0 Å². The van der Waals surface area contributed by atoms with Gasteiger partial charge in [-0.15, -0.1) is 0 Å². The first-order valence-electron chi connectivity index (χ1n) is 6.26. The third-order valence-electron chi connectivity index (χ3n) is 2.21. The second kappa shape index (κ2) is 13.5. The van der Waals surface area contributed by atoms with Gasteiger partial charge in [-0.1, -0.05) is 39.5 Å². The lowest BCUT2D eigenvalue weighted by atomic mass is 10.2. The van der Waals surface area contributed by atoms with Crippen molar-refractivity contribution in [3.63, 3.8) is 0 Å². The Kier molecular flexibility index (Phi) is 13.1. The second-order valence-electron chi connectivity index (χ2n) is 3.77. The Morgan fingerprint density at radius 1 is 0.933 bits per heavy atom. The van der Waals surface area contributed by atoms with Crippen LogP contribution in [0.1, 0.15) is 58.8 Å². The van der Waals surface area contributed by atoms with E-state index in [0.717, 1.165) is 19.4 Å². The molecule has 0 radical (unpaired) electrons. The van der Waals surface area contributed by atoms with Gasteiger partial charge in [0.1, 0.15) is 0 Å². The largest absolute Gasteiger partial charge is 0.475 e. The normalized spacial score (nSPS) is 11.1. The molecule has 0 atom stereocenters. The van der Waals surface area contributed by atoms with Crippen molar-refractivity contribution >= 4 is 0 Å². The first kappa shape index (κ1) is 14.5. The highest BCUT2D eigenvalue weighted by atomic mass is 16.7. The van der Waals surface area contributed by atoms with Gasteiger partial charge < -0.3 is 9.47 Å². The van der Waals surface area contributed by atoms with E-state index < -0.39 is 0 Å². The van der Waals surface area contributed by atoms with Gasteiger partial charge in [0.25, 0.3) is 0 Å². The van der Waals surface area contributed by atoms with E-state index in [-0.39, 0.29) is 0 Å². The number of unbranched alkanes of at least 4 members (excludes halogenated alkanes) is 5. The molecule has 2 nitrogen and oxygen atoms in total. The highest BCUT2D eigenvalue weighted by Crippen LogP contribution is 1.99. The lowest BCUT2D eigenvalue weighted by molar-refractivity contribution is -0.0127. The maximum atomic E-state index is 5.29. The topological polar surface area (TPSA) is 18.5 Å². The fourth-order valence-electron chi connectivity index (χ4n) is 1.25. The van der Waals surface area contributed by atoms with E-state index in [1.165, 1.54) is 32.1 Å². The van der Waals surface area contributed by atoms with Crippen LogP contribution in [0.25, 0.3) is 0 Å². The van der Waals surface area contributed by atoms with Gasteiger partial charge in [-0.25, -0.2) is 0 Å². The monoisotopic (exact) mass is 214 g/mol. The van der Waals surface area contributed by atoms with Gasteiger partial charge in [-0.05, 0) is 25.3 Å². The van der Waals surface area contributed by atoms with Crippen molar-refractivity contribution in [3.8, 4) is 0 Å². The molecule has 0 aliphatic rings. The zero-order chi connectivity index (χ0) is 11.2. The van der Waals surface area contributed by atoms with Gasteiger partial charge in [0, 0.05) is 0 Å². The summed E-state index contributed by atoms with van der Waals surface area (Å²) in [7, 11) is 0. The van der Waals surface area contributed by atoms with E-state index in [1.54, 1.807) is 6.26 Å². The van der Waals surface area contributed by atoms with Gasteiger partial charge in [-0.3, -0.25) is 0 Å². The highest BCUT2D eigenvalue weighted by molar-refractivity contribution is 4.72. The van der Waals surface area contributed by atoms with Crippen LogP contribution in [-0.2, 0) is 9.47 Å². The molecule has 0 aromatic heterocycles. The summed E-state index contributed by atoms with van der Waals surface area (Å²) in [4.78, 5) is 0. The molecular weight excluding hydrogens is 188 g/mol. The van der Waals surface area contributed by atoms with Crippen LogP contribution in [0.4, 0.5) is 0 Å². The average molecular weight is 214 g/mol. The molecule has 0 unspecified atom stereocenters. The van der Waals surface area contributed by atoms with E-state index in [2.05, 4.69) is 19.9 Å². The van der Waals surface area contributed by atoms with Crippen molar-refractivity contribution in [1.29, 1.82) is 0 Å². The van der Waals surface area contributed by atoms with Crippen LogP contribution < -0.4 is 0 Å². The van der Waals surface area contributed by atoms with E-state index in [1.807, 2.05) is 0 Å². The fraction of sp³-hybridized carbons (Fsp3) is 0.846. The summed E-state index contributed by atoms with van der Waals surface area (Å²) < 4.78 is 10.5. The number of hydrogen-bond acceptors (Lipinski definition) is 2. The van der Waals surface area contributed by atoms with Gasteiger partial charge in [-0.2, -0.15) is 0 Å². The summed E-state index contributed by atoms with van der Waals surface area (Å²) in [6.45, 7) is 5.62. The Morgan fingerprint density at radius 3 is 2.40 bits per heavy atom. The third kappa shape index (κ3) is 13.5. The van der Waals surface area contributed by atoms with E-state index in [4.69, 9.17) is 9.47 Å². The van der Waals surface area contributed by atoms with Gasteiger partial charge in [0.2, 0.25) is 0 Å². The molecule has 0 rings (SSSR count). The van der Waals surface area contributed by atoms with Crippen LogP contribution in [0.3, 0.4) is 0 Å². The second-order valence-corrected chi connectivity index (χ2v) is 3.77. The maximum Gasteiger partial charge on any atom is 0.188 e. The Labute approximate surface area is 94.7 Å². The van der Waals surface area contributed by atoms with Crippen molar-refractivity contribution in [2.24, 2.45) is 0 Å². The Balaban J connectivity index is 2.96. The van der Waals surface area contributed by atoms with Crippen LogP contribution >= 0.6 is 0 Å². The molecule has 0 aliphatic carbocycles. The van der Waals surface area contributed by atoms with Gasteiger partial charge in [0.15, 0.2) is 6.79 Å². The summed E-state index contributed by atoms with van der Waals surface area (Å²) >= 11 is 0. The summed E-state index contributed by atoms with van der Waals surface area (Å²) in [5, 5.41) is 0. The molecule has 0 fully saturated rings. The molecule has 0 saturated carbocycles. The molecule has 0 saturated heterocycles. The molecule has 2 heteroatoms. The van der Waals surface area contributed by atoms with E-state index in [0.29, 0.717) is 6.79 Å². The predicted octanol–water partition coefficient (Wildman–Crippen LogP) is 4.26. The zero-order valence-corrected chi connectivity index (χ0v) is 10.3. The molecular formula is C13H26O2. The SMILES string of the molecule is CCCCCC=COCOCCCCC. The predicted molar refractivity (Wildman–Crippen MR) is 64.7 cm³/mol. The fourth-order valence-corrected chi connectivity index (χ4v) is 1.25. The zero-order valence-electron chi connectivity index (χ0n) is 10.3. The molecule has 0 N–H and O–H groups in total. The average Bonchev–Trinajstić information content (AvgIpc) is 2.26. The molecule has 0 aliphatic heterocycles. The van der Waals surface area contributed by atoms with Crippen LogP contribution in [0.5, 0.6) is 0 Å². The minimum Gasteiger partial charge on any atom is -0.475 e. The van der Waals surface area contributed by atoms with Gasteiger partial charge >= 0.3 is 0 Å². The molecule has 0 amide bonds. The molecule has 0 bridgehead atoms. The Morgan fingerprint density at radius 2 is 1.67 bits per heavy atom. The maximum absolute atomic E-state index is 5.29. The molecule has 0 heterocycles. The van der Waals surface area contributed by atoms with Crippen LogP contribution in [-0.4, -0.2) is 13.4 Å². The first-order chi connectivity index (χ1) is 7.41. The van der Waals surface area contributed by atoms with Crippen LogP contribution in [0.15, 0.2) is 12.3 Å². The smallest absolute Gasteiger partial charge is 0.188 e. The number of ether oxygens (including phenoxy) is 2. The van der Waals surface area contributed by atoms with E-state index in [9.17, 15) is 0 Å². The van der Waals surface area contributed by atoms with Crippen molar-refractivity contribution in [3.05, 3.63) is 12.3 Å². The third-order valence-corrected chi connectivity index (χ3v) is 2.21. The number of hydrogen-bond donors (Lipinski definition) is 0. The quantitative estimate of drug-likeness (QED) is 0.290.